The molecular formula is C17H31N5O2. The molecule has 0 saturated carbocycles. The lowest BCUT2D eigenvalue weighted by atomic mass is 10.2. The highest BCUT2D eigenvalue weighted by Crippen LogP contribution is 2.02. The third kappa shape index (κ3) is 8.67. The fourth-order valence-corrected chi connectivity index (χ4v) is 2.36. The SMILES string of the molecule is CCCCCCNC(=O)Nc1ccn(CCCCCCN)c(=O)n1. The number of carbonyl (C=O) groups is 1. The molecule has 136 valence electrons. The molecule has 0 spiro atoms. The van der Waals surface area contributed by atoms with Gasteiger partial charge in [0.25, 0.3) is 0 Å². The van der Waals surface area contributed by atoms with E-state index in [1.165, 1.54) is 12.8 Å². The van der Waals surface area contributed by atoms with Crippen LogP contribution in [0.1, 0.15) is 58.3 Å². The summed E-state index contributed by atoms with van der Waals surface area (Å²) >= 11 is 0. The van der Waals surface area contributed by atoms with Crippen molar-refractivity contribution in [3.63, 3.8) is 0 Å². The third-order valence-electron chi connectivity index (χ3n) is 3.78. The molecule has 0 atom stereocenters. The van der Waals surface area contributed by atoms with Crippen molar-refractivity contribution < 1.29 is 4.79 Å². The average molecular weight is 337 g/mol. The second-order valence-corrected chi connectivity index (χ2v) is 5.93. The van der Waals surface area contributed by atoms with Gasteiger partial charge in [-0.05, 0) is 31.9 Å². The van der Waals surface area contributed by atoms with Crippen LogP contribution < -0.4 is 22.1 Å². The molecule has 0 bridgehead atoms. The largest absolute Gasteiger partial charge is 0.349 e. The van der Waals surface area contributed by atoms with Gasteiger partial charge in [-0.1, -0.05) is 39.0 Å². The van der Waals surface area contributed by atoms with Gasteiger partial charge in [-0.3, -0.25) is 9.88 Å². The van der Waals surface area contributed by atoms with E-state index in [0.717, 1.165) is 38.5 Å². The molecule has 0 fully saturated rings. The minimum atomic E-state index is -0.338. The zero-order chi connectivity index (χ0) is 17.6. The molecule has 1 rings (SSSR count). The van der Waals surface area contributed by atoms with E-state index in [0.29, 0.717) is 19.6 Å². The highest BCUT2D eigenvalue weighted by molar-refractivity contribution is 5.87. The molecule has 7 nitrogen and oxygen atoms in total. The number of nitrogens with two attached hydrogens (primary N) is 1. The fourth-order valence-electron chi connectivity index (χ4n) is 2.36. The van der Waals surface area contributed by atoms with Gasteiger partial charge in [-0.15, -0.1) is 0 Å². The molecule has 0 aliphatic carbocycles. The lowest BCUT2D eigenvalue weighted by Crippen LogP contribution is -2.31. The first-order valence-electron chi connectivity index (χ1n) is 8.99. The molecule has 24 heavy (non-hydrogen) atoms. The van der Waals surface area contributed by atoms with Crippen molar-refractivity contribution in [1.29, 1.82) is 0 Å². The Kier molecular flexibility index (Phi) is 10.5. The number of hydrogen-bond acceptors (Lipinski definition) is 4. The summed E-state index contributed by atoms with van der Waals surface area (Å²) in [4.78, 5) is 27.6. The summed E-state index contributed by atoms with van der Waals surface area (Å²) in [7, 11) is 0. The molecule has 0 unspecified atom stereocenters. The second kappa shape index (κ2) is 12.5. The smallest absolute Gasteiger partial charge is 0.338 e. The number of nitrogens with one attached hydrogen (secondary N) is 2. The summed E-state index contributed by atoms with van der Waals surface area (Å²) in [6, 6.07) is 1.33. The van der Waals surface area contributed by atoms with Crippen molar-refractivity contribution in [1.82, 2.24) is 14.9 Å². The Hall–Kier alpha value is -1.89. The van der Waals surface area contributed by atoms with Crippen LogP contribution in [0, 0.1) is 0 Å². The Morgan fingerprint density at radius 3 is 2.62 bits per heavy atom. The van der Waals surface area contributed by atoms with E-state index in [1.807, 2.05) is 0 Å². The first kappa shape index (κ1) is 20.2. The zero-order valence-electron chi connectivity index (χ0n) is 14.7. The number of amides is 2. The van der Waals surface area contributed by atoms with Crippen LogP contribution in [0.15, 0.2) is 17.1 Å². The first-order chi connectivity index (χ1) is 11.7. The number of rotatable bonds is 12. The van der Waals surface area contributed by atoms with Gasteiger partial charge in [-0.25, -0.2) is 9.59 Å². The summed E-state index contributed by atoms with van der Waals surface area (Å²) in [5, 5.41) is 5.37. The molecule has 4 N–H and O–H groups in total. The maximum Gasteiger partial charge on any atom is 0.349 e. The number of nitrogens with zero attached hydrogens (tertiary/aromatic N) is 2. The maximum atomic E-state index is 11.9. The minimum absolute atomic E-state index is 0.283. The number of aryl methyl sites for hydroxylation is 1. The van der Waals surface area contributed by atoms with E-state index in [2.05, 4.69) is 22.5 Å². The van der Waals surface area contributed by atoms with Crippen molar-refractivity contribution in [3.8, 4) is 0 Å². The predicted molar refractivity (Wildman–Crippen MR) is 97.2 cm³/mol. The molecule has 0 saturated heterocycles. The van der Waals surface area contributed by atoms with Crippen molar-refractivity contribution in [2.75, 3.05) is 18.4 Å². The molecule has 0 radical (unpaired) electrons. The monoisotopic (exact) mass is 337 g/mol. The summed E-state index contributed by atoms with van der Waals surface area (Å²) in [5.41, 5.74) is 5.11. The van der Waals surface area contributed by atoms with Crippen LogP contribution in [0.2, 0.25) is 0 Å². The normalized spacial score (nSPS) is 10.6. The second-order valence-electron chi connectivity index (χ2n) is 5.93. The first-order valence-corrected chi connectivity index (χ1v) is 8.99. The van der Waals surface area contributed by atoms with Crippen LogP contribution >= 0.6 is 0 Å². The third-order valence-corrected chi connectivity index (χ3v) is 3.78. The van der Waals surface area contributed by atoms with Crippen LogP contribution in [-0.2, 0) is 6.54 Å². The van der Waals surface area contributed by atoms with Crippen molar-refractivity contribution in [2.45, 2.75) is 64.8 Å². The lowest BCUT2D eigenvalue weighted by molar-refractivity contribution is 0.252. The van der Waals surface area contributed by atoms with E-state index in [1.54, 1.807) is 16.8 Å². The minimum Gasteiger partial charge on any atom is -0.338 e. The number of unbranched alkanes of at least 4 members (excludes halogenated alkanes) is 6. The van der Waals surface area contributed by atoms with Gasteiger partial charge in [0.15, 0.2) is 0 Å². The summed E-state index contributed by atoms with van der Waals surface area (Å²) in [5.74, 6) is 0.283. The van der Waals surface area contributed by atoms with E-state index >= 15 is 0 Å². The average Bonchev–Trinajstić information content (AvgIpc) is 2.56. The van der Waals surface area contributed by atoms with E-state index < -0.39 is 0 Å². The molecule has 0 aliphatic rings. The lowest BCUT2D eigenvalue weighted by Gasteiger charge is -2.08. The number of hydrogen-bond donors (Lipinski definition) is 3. The van der Waals surface area contributed by atoms with Crippen molar-refractivity contribution in [2.24, 2.45) is 5.73 Å². The standard InChI is InChI=1S/C17H31N5O2/c1-2-3-4-8-12-19-16(23)20-15-10-14-22(17(24)21-15)13-9-6-5-7-11-18/h10,14H,2-9,11-13,18H2,1H3,(H2,19,20,21,23,24). The van der Waals surface area contributed by atoms with Gasteiger partial charge in [0, 0.05) is 19.3 Å². The van der Waals surface area contributed by atoms with E-state index in [9.17, 15) is 9.59 Å². The predicted octanol–water partition coefficient (Wildman–Crippen LogP) is 2.46. The number of carbonyl (C=O) groups excluding carboxylic acids is 1. The van der Waals surface area contributed by atoms with E-state index in [-0.39, 0.29) is 17.5 Å². The van der Waals surface area contributed by atoms with Crippen molar-refractivity contribution >= 4 is 11.8 Å². The van der Waals surface area contributed by atoms with E-state index in [4.69, 9.17) is 5.73 Å². The molecular weight excluding hydrogens is 306 g/mol. The Morgan fingerprint density at radius 1 is 1.17 bits per heavy atom. The Labute approximate surface area is 144 Å². The fraction of sp³-hybridized carbons (Fsp3) is 0.706. The van der Waals surface area contributed by atoms with Gasteiger partial charge < -0.3 is 11.1 Å². The van der Waals surface area contributed by atoms with Crippen LogP contribution in [0.3, 0.4) is 0 Å². The molecule has 1 aromatic rings. The Bertz CT molecular complexity index is 530. The maximum absolute atomic E-state index is 11.9. The highest BCUT2D eigenvalue weighted by Gasteiger charge is 2.04. The molecule has 2 amide bonds. The quantitative estimate of drug-likeness (QED) is 0.510. The van der Waals surface area contributed by atoms with Crippen LogP contribution in [0.5, 0.6) is 0 Å². The van der Waals surface area contributed by atoms with Gasteiger partial charge in [0.1, 0.15) is 5.82 Å². The molecule has 0 aliphatic heterocycles. The van der Waals surface area contributed by atoms with Gasteiger partial charge in [-0.2, -0.15) is 4.98 Å². The van der Waals surface area contributed by atoms with Crippen LogP contribution in [0.25, 0.3) is 0 Å². The number of aromatic nitrogens is 2. The zero-order valence-corrected chi connectivity index (χ0v) is 14.7. The van der Waals surface area contributed by atoms with Gasteiger partial charge in [0.05, 0.1) is 0 Å². The summed E-state index contributed by atoms with van der Waals surface area (Å²) in [6.45, 7) is 4.13. The summed E-state index contributed by atoms with van der Waals surface area (Å²) in [6.07, 6.45) is 10.2. The molecule has 7 heteroatoms. The molecule has 1 aromatic heterocycles. The molecule has 1 heterocycles. The van der Waals surface area contributed by atoms with Crippen LogP contribution in [0.4, 0.5) is 10.6 Å². The Morgan fingerprint density at radius 2 is 1.92 bits per heavy atom. The topological polar surface area (TPSA) is 102 Å². The van der Waals surface area contributed by atoms with Crippen LogP contribution in [-0.4, -0.2) is 28.7 Å². The number of anilines is 1. The Balaban J connectivity index is 2.33. The highest BCUT2D eigenvalue weighted by atomic mass is 16.2. The van der Waals surface area contributed by atoms with Gasteiger partial charge in [0.2, 0.25) is 0 Å². The molecule has 0 aromatic carbocycles. The summed E-state index contributed by atoms with van der Waals surface area (Å²) < 4.78 is 1.57. The van der Waals surface area contributed by atoms with Gasteiger partial charge >= 0.3 is 11.7 Å². The van der Waals surface area contributed by atoms with Crippen molar-refractivity contribution in [3.05, 3.63) is 22.7 Å². The number of urea groups is 1.